The number of hydrogen-bond donors (Lipinski definition) is 2. The van der Waals surface area contributed by atoms with Crippen LogP contribution in [0.2, 0.25) is 0 Å². The number of sulfone groups is 1. The number of benzene rings is 5. The average molecular weight is 739 g/mol. The minimum atomic E-state index is -5.36. The molecule has 3 N–H and O–H groups in total. The molecule has 49 heavy (non-hydrogen) atoms. The van der Waals surface area contributed by atoms with Gasteiger partial charge in [-0.15, -0.1) is 10.2 Å². The van der Waals surface area contributed by atoms with Crippen molar-refractivity contribution in [3.63, 3.8) is 0 Å². The Hall–Kier alpha value is -3.65. The summed E-state index contributed by atoms with van der Waals surface area (Å²) in [6, 6.07) is 19.1. The van der Waals surface area contributed by atoms with Gasteiger partial charge in [-0.25, -0.2) is 16.8 Å². The van der Waals surface area contributed by atoms with Gasteiger partial charge in [0.2, 0.25) is 15.2 Å². The summed E-state index contributed by atoms with van der Waals surface area (Å²) in [6.45, 7) is 0. The van der Waals surface area contributed by atoms with Crippen molar-refractivity contribution >= 4 is 75.0 Å². The third-order valence-corrected chi connectivity index (χ3v) is 10.0. The Morgan fingerprint density at radius 3 is 1.69 bits per heavy atom. The number of nitrogen functional groups attached to an aromatic ring is 1. The molecule has 0 amide bonds. The van der Waals surface area contributed by atoms with Crippen molar-refractivity contribution in [2.45, 2.75) is 19.6 Å². The molecule has 0 aliphatic carbocycles. The van der Waals surface area contributed by atoms with Crippen molar-refractivity contribution in [3.8, 4) is 5.75 Å². The summed E-state index contributed by atoms with van der Waals surface area (Å²) in [4.78, 5) is 0.640. The van der Waals surface area contributed by atoms with E-state index >= 15 is 0 Å². The van der Waals surface area contributed by atoms with Gasteiger partial charge in [0.25, 0.3) is 10.1 Å². The number of diazo groups is 1. The number of azo groups is 2. The summed E-state index contributed by atoms with van der Waals surface area (Å²) < 4.78 is 96.7. The van der Waals surface area contributed by atoms with Crippen LogP contribution < -0.4 is 70.0 Å². The fraction of sp³-hybridized carbons (Fsp3) is 0. The van der Waals surface area contributed by atoms with Crippen molar-refractivity contribution in [1.82, 2.24) is 0 Å². The monoisotopic (exact) mass is 738 g/mol. The maximum absolute atomic E-state index is 13.5. The van der Waals surface area contributed by atoms with Gasteiger partial charge in [-0.05, 0) is 66.0 Å². The molecule has 5 aromatic carbocycles. The molecule has 0 saturated carbocycles. The van der Waals surface area contributed by atoms with Crippen LogP contribution in [0, 0.1) is 5.39 Å². The topological polar surface area (TPSA) is 272 Å². The Balaban J connectivity index is 0.00000325. The first-order valence-corrected chi connectivity index (χ1v) is 17.2. The van der Waals surface area contributed by atoms with Crippen LogP contribution in [0.4, 0.5) is 34.1 Å². The molecule has 238 valence electrons. The van der Waals surface area contributed by atoms with Gasteiger partial charge in [0.15, 0.2) is 4.98 Å². The van der Waals surface area contributed by atoms with Gasteiger partial charge >= 0.3 is 64.8 Å². The number of hydrogen-bond acceptors (Lipinski definition) is 14. The zero-order valence-electron chi connectivity index (χ0n) is 25.4. The molecule has 16 nitrogen and oxygen atoms in total. The van der Waals surface area contributed by atoms with Gasteiger partial charge in [0.05, 0.1) is 37.4 Å². The quantitative estimate of drug-likeness (QED) is 0.0692. The van der Waals surface area contributed by atoms with Crippen LogP contribution >= 0.6 is 0 Å². The van der Waals surface area contributed by atoms with Crippen LogP contribution in [-0.2, 0) is 30.1 Å². The number of rotatable bonds is 8. The van der Waals surface area contributed by atoms with Gasteiger partial charge in [0.1, 0.15) is 20.7 Å². The molecule has 0 bridgehead atoms. The van der Waals surface area contributed by atoms with Gasteiger partial charge < -0.3 is 15.4 Å². The maximum Gasteiger partial charge on any atom is 1.00 e. The number of anilines is 1. The normalized spacial score (nSPS) is 12.0. The van der Waals surface area contributed by atoms with Crippen LogP contribution in [0.15, 0.2) is 131 Å². The van der Waals surface area contributed by atoms with Crippen molar-refractivity contribution in [3.05, 3.63) is 96.0 Å². The van der Waals surface area contributed by atoms with E-state index < -0.39 is 73.4 Å². The Morgan fingerprint density at radius 2 is 1.18 bits per heavy atom. The number of fused-ring (bicyclic) bond motifs is 1. The molecule has 0 fully saturated rings. The zero-order chi connectivity index (χ0) is 34.1. The predicted octanol–water partition coefficient (Wildman–Crippen LogP) is -0.197. The van der Waals surface area contributed by atoms with Crippen LogP contribution in [0.5, 0.6) is 5.75 Å². The molecule has 0 aromatic heterocycles. The van der Waals surface area contributed by atoms with E-state index in [0.29, 0.717) is 12.1 Å². The summed E-state index contributed by atoms with van der Waals surface area (Å²) in [5.41, 5.74) is 4.22. The van der Waals surface area contributed by atoms with E-state index in [0.717, 1.165) is 0 Å². The van der Waals surface area contributed by atoms with Gasteiger partial charge in [-0.2, -0.15) is 18.6 Å². The van der Waals surface area contributed by atoms with E-state index in [2.05, 4.69) is 25.4 Å². The molecule has 5 aromatic rings. The van der Waals surface area contributed by atoms with Crippen molar-refractivity contribution in [2.75, 3.05) is 5.73 Å². The first kappa shape index (κ1) is 39.8. The summed E-state index contributed by atoms with van der Waals surface area (Å²) in [5, 5.41) is 36.5. The minimum absolute atomic E-state index is 0. The first-order chi connectivity index (χ1) is 22.1. The second-order valence-corrected chi connectivity index (χ2v) is 14.2. The zero-order valence-corrected chi connectivity index (χ0v) is 31.8. The molecule has 0 unspecified atom stereocenters. The van der Waals surface area contributed by atoms with E-state index in [1.54, 1.807) is 18.2 Å². The Bertz CT molecular complexity index is 2490. The molecule has 0 radical (unpaired) electrons. The van der Waals surface area contributed by atoms with Crippen molar-refractivity contribution in [2.24, 2.45) is 20.5 Å². The molecule has 0 saturated heterocycles. The van der Waals surface area contributed by atoms with Gasteiger partial charge in [-0.3, -0.25) is 4.55 Å². The third-order valence-electron chi connectivity index (χ3n) is 6.54. The summed E-state index contributed by atoms with van der Waals surface area (Å²) in [5.74, 6) is -1.21. The Morgan fingerprint density at radius 1 is 0.694 bits per heavy atom. The van der Waals surface area contributed by atoms with E-state index in [-0.39, 0.29) is 86.0 Å². The van der Waals surface area contributed by atoms with Crippen LogP contribution in [0.1, 0.15) is 0 Å². The van der Waals surface area contributed by atoms with Gasteiger partial charge in [0, 0.05) is 17.5 Å². The van der Waals surface area contributed by atoms with Crippen LogP contribution in [-0.4, -0.2) is 34.4 Å². The molecule has 21 heteroatoms. The molecular weight excluding hydrogens is 721 g/mol. The fourth-order valence-electron chi connectivity index (χ4n) is 4.31. The van der Waals surface area contributed by atoms with E-state index in [9.17, 15) is 39.5 Å². The smallest absolute Gasteiger partial charge is 0.870 e. The average Bonchev–Trinajstić information content (AvgIpc) is 3.03. The second-order valence-electron chi connectivity index (χ2n) is 9.54. The second kappa shape index (κ2) is 15.5. The Kier molecular flexibility index (Phi) is 12.6. The fourth-order valence-corrected chi connectivity index (χ4v) is 6.88. The van der Waals surface area contributed by atoms with Crippen LogP contribution in [0.3, 0.4) is 0 Å². The molecule has 0 spiro atoms. The Labute approximate surface area is 323 Å². The number of nitrogens with two attached hydrogens (primary N) is 1. The molecule has 0 aliphatic heterocycles. The first-order valence-electron chi connectivity index (χ1n) is 12.8. The van der Waals surface area contributed by atoms with E-state index in [1.807, 2.05) is 0 Å². The van der Waals surface area contributed by atoms with E-state index in [4.69, 9.17) is 11.1 Å². The third kappa shape index (κ3) is 8.57. The van der Waals surface area contributed by atoms with Gasteiger partial charge in [-0.1, -0.05) is 23.9 Å². The summed E-state index contributed by atoms with van der Waals surface area (Å²) in [7, 11) is -14.5. The maximum atomic E-state index is 13.5. The molecular formula is C28H18N7Na2O9S3+. The predicted molar refractivity (Wildman–Crippen MR) is 163 cm³/mol. The van der Waals surface area contributed by atoms with Crippen molar-refractivity contribution in [1.29, 1.82) is 5.39 Å². The summed E-state index contributed by atoms with van der Waals surface area (Å²) >= 11 is 0. The molecule has 5 rings (SSSR count). The molecule has 0 atom stereocenters. The van der Waals surface area contributed by atoms with Crippen LogP contribution in [0.25, 0.3) is 15.7 Å². The molecule has 0 heterocycles. The minimum Gasteiger partial charge on any atom is -0.870 e. The SMILES string of the molecule is N#[N+]c1ccc(S(=O)(=O)c2ccc(N=Nc3c(S(=O)(=O)O)cc4cc(S(=O)(=O)[O-])c(N=Nc5ccccc5)c([O-])c4c3N)cc2)cc1.[Na+].[Na+]. The largest absolute Gasteiger partial charge is 1.00 e. The van der Waals surface area contributed by atoms with Crippen molar-refractivity contribution < 1.29 is 98.6 Å². The summed E-state index contributed by atoms with van der Waals surface area (Å²) in [6.07, 6.45) is 0. The van der Waals surface area contributed by atoms with E-state index in [1.165, 1.54) is 60.7 Å². The standard InChI is InChI=1S/C28H19N7O9S3.2Na/c29-25-24-16(15-23(47(42,43)44)27(28(24)36)35-32-18-4-2-1-3-5-18)14-22(46(39,40)41)26(25)34-33-19-8-12-21(13-9-19)45(37,38)20-10-6-17(31-30)7-11-20;;/h1-15H,(H4-,29,32,33,36,39,40,41,42,43,44);;/q;2*+1/p-1. The molecule has 0 aliphatic rings. The number of nitrogens with zero attached hydrogens (tertiary/aromatic N) is 6.